The molecule has 2 aromatic heterocycles. The maximum Gasteiger partial charge on any atom is 0.336 e. The number of likely N-dealkylation sites (N-methyl/N-ethyl adjacent to an activating group) is 1. The van der Waals surface area contributed by atoms with Gasteiger partial charge >= 0.3 is 5.63 Å². The van der Waals surface area contributed by atoms with Crippen LogP contribution in [-0.2, 0) is 0 Å². The normalized spacial score (nSPS) is 14.9. The summed E-state index contributed by atoms with van der Waals surface area (Å²) in [4.78, 5) is 37.7. The number of anilines is 2. The number of fused-ring (bicyclic) bond motifs is 1. The standard InChI is InChI=1S/C21H23N5O3/c1-13-10-19(27)29-18-11-15(4-5-16(13)18)24-20(28)17-12-22-21(23-14(17)2)26-8-6-25(3)7-9-26/h4-5,10-12H,6-9H2,1-3H3,(H,24,28). The molecule has 0 saturated carbocycles. The van der Waals surface area contributed by atoms with Crippen molar-refractivity contribution < 1.29 is 9.21 Å². The van der Waals surface area contributed by atoms with Crippen LogP contribution in [0, 0.1) is 13.8 Å². The number of carbonyl (C=O) groups excluding carboxylic acids is 1. The third-order valence-corrected chi connectivity index (χ3v) is 5.21. The van der Waals surface area contributed by atoms with Crippen LogP contribution in [0.2, 0.25) is 0 Å². The minimum absolute atomic E-state index is 0.304. The van der Waals surface area contributed by atoms with Crippen molar-refractivity contribution in [2.75, 3.05) is 43.4 Å². The number of aryl methyl sites for hydroxylation is 2. The first-order chi connectivity index (χ1) is 13.9. The average Bonchev–Trinajstić information content (AvgIpc) is 2.68. The van der Waals surface area contributed by atoms with Gasteiger partial charge in [-0.15, -0.1) is 0 Å². The molecule has 1 N–H and O–H groups in total. The minimum atomic E-state index is -0.415. The minimum Gasteiger partial charge on any atom is -0.423 e. The molecule has 0 unspecified atom stereocenters. The lowest BCUT2D eigenvalue weighted by atomic mass is 10.1. The molecule has 8 heteroatoms. The van der Waals surface area contributed by atoms with E-state index >= 15 is 0 Å². The molecule has 1 amide bonds. The van der Waals surface area contributed by atoms with Crippen molar-refractivity contribution in [3.8, 4) is 0 Å². The fourth-order valence-electron chi connectivity index (χ4n) is 3.44. The van der Waals surface area contributed by atoms with Gasteiger partial charge in [0.2, 0.25) is 5.95 Å². The van der Waals surface area contributed by atoms with Crippen LogP contribution in [0.3, 0.4) is 0 Å². The van der Waals surface area contributed by atoms with E-state index in [0.29, 0.717) is 28.5 Å². The number of carbonyl (C=O) groups is 1. The van der Waals surface area contributed by atoms with Crippen molar-refractivity contribution >= 4 is 28.5 Å². The monoisotopic (exact) mass is 393 g/mol. The molecule has 29 heavy (non-hydrogen) atoms. The van der Waals surface area contributed by atoms with Crippen molar-refractivity contribution in [1.29, 1.82) is 0 Å². The number of nitrogens with one attached hydrogen (secondary N) is 1. The highest BCUT2D eigenvalue weighted by Gasteiger charge is 2.19. The molecule has 0 aliphatic carbocycles. The molecule has 0 spiro atoms. The number of benzene rings is 1. The summed E-state index contributed by atoms with van der Waals surface area (Å²) < 4.78 is 5.24. The first kappa shape index (κ1) is 19.1. The summed E-state index contributed by atoms with van der Waals surface area (Å²) in [6.45, 7) is 7.30. The van der Waals surface area contributed by atoms with E-state index in [1.165, 1.54) is 6.07 Å². The number of rotatable bonds is 3. The van der Waals surface area contributed by atoms with Crippen molar-refractivity contribution in [2.24, 2.45) is 0 Å². The highest BCUT2D eigenvalue weighted by molar-refractivity contribution is 6.05. The molecule has 1 aromatic carbocycles. The van der Waals surface area contributed by atoms with Crippen molar-refractivity contribution in [1.82, 2.24) is 14.9 Å². The average molecular weight is 393 g/mol. The molecule has 8 nitrogen and oxygen atoms in total. The Labute approximate surface area is 168 Å². The maximum atomic E-state index is 12.7. The summed E-state index contributed by atoms with van der Waals surface area (Å²) in [6, 6.07) is 6.70. The van der Waals surface area contributed by atoms with Gasteiger partial charge < -0.3 is 19.5 Å². The van der Waals surface area contributed by atoms with Crippen LogP contribution in [0.4, 0.5) is 11.6 Å². The molecule has 0 radical (unpaired) electrons. The van der Waals surface area contributed by atoms with E-state index in [0.717, 1.165) is 37.1 Å². The molecule has 4 rings (SSSR count). The number of aromatic nitrogens is 2. The lowest BCUT2D eigenvalue weighted by molar-refractivity contribution is 0.102. The van der Waals surface area contributed by atoms with Crippen LogP contribution in [0.5, 0.6) is 0 Å². The smallest absolute Gasteiger partial charge is 0.336 e. The summed E-state index contributed by atoms with van der Waals surface area (Å²) in [6.07, 6.45) is 1.57. The van der Waals surface area contributed by atoms with Crippen molar-refractivity contribution in [3.63, 3.8) is 0 Å². The van der Waals surface area contributed by atoms with Gasteiger partial charge in [0.1, 0.15) is 5.58 Å². The Morgan fingerprint density at radius 3 is 2.62 bits per heavy atom. The Kier molecular flexibility index (Phi) is 5.02. The van der Waals surface area contributed by atoms with Gasteiger partial charge in [-0.3, -0.25) is 4.79 Å². The number of amides is 1. The highest BCUT2D eigenvalue weighted by Crippen LogP contribution is 2.22. The van der Waals surface area contributed by atoms with E-state index in [-0.39, 0.29) is 5.91 Å². The number of hydrogen-bond donors (Lipinski definition) is 1. The van der Waals surface area contributed by atoms with Crippen molar-refractivity contribution in [2.45, 2.75) is 13.8 Å². The third-order valence-electron chi connectivity index (χ3n) is 5.21. The van der Waals surface area contributed by atoms with E-state index in [4.69, 9.17) is 4.42 Å². The van der Waals surface area contributed by atoms with Crippen LogP contribution < -0.4 is 15.8 Å². The largest absolute Gasteiger partial charge is 0.423 e. The number of piperazine rings is 1. The van der Waals surface area contributed by atoms with Crippen LogP contribution >= 0.6 is 0 Å². The molecule has 3 heterocycles. The van der Waals surface area contributed by atoms with E-state index in [2.05, 4.69) is 32.1 Å². The molecule has 150 valence electrons. The number of hydrogen-bond acceptors (Lipinski definition) is 7. The van der Waals surface area contributed by atoms with E-state index in [1.54, 1.807) is 25.3 Å². The van der Waals surface area contributed by atoms with E-state index in [1.807, 2.05) is 13.0 Å². The van der Waals surface area contributed by atoms with Gasteiger partial charge in [-0.2, -0.15) is 0 Å². The summed E-state index contributed by atoms with van der Waals surface area (Å²) in [5.74, 6) is 0.344. The predicted octanol–water partition coefficient (Wildman–Crippen LogP) is 2.20. The zero-order chi connectivity index (χ0) is 20.5. The SMILES string of the molecule is Cc1nc(N2CCN(C)CC2)ncc1C(=O)Nc1ccc2c(C)cc(=O)oc2c1. The Bertz CT molecular complexity index is 1130. The Hall–Kier alpha value is -3.26. The quantitative estimate of drug-likeness (QED) is 0.682. The molecule has 1 saturated heterocycles. The van der Waals surface area contributed by atoms with E-state index < -0.39 is 5.63 Å². The van der Waals surface area contributed by atoms with Gasteiger partial charge in [-0.05, 0) is 38.6 Å². The first-order valence-electron chi connectivity index (χ1n) is 9.54. The Morgan fingerprint density at radius 2 is 1.90 bits per heavy atom. The van der Waals surface area contributed by atoms with Gasteiger partial charge in [0.15, 0.2) is 0 Å². The summed E-state index contributed by atoms with van der Waals surface area (Å²) in [7, 11) is 2.09. The lowest BCUT2D eigenvalue weighted by Gasteiger charge is -2.32. The van der Waals surface area contributed by atoms with Crippen LogP contribution in [0.25, 0.3) is 11.0 Å². The van der Waals surface area contributed by atoms with Crippen LogP contribution in [0.1, 0.15) is 21.6 Å². The van der Waals surface area contributed by atoms with Gasteiger partial charge in [-0.25, -0.2) is 14.8 Å². The molecule has 3 aromatic rings. The third kappa shape index (κ3) is 3.97. The van der Waals surface area contributed by atoms with Crippen LogP contribution in [0.15, 0.2) is 39.7 Å². The summed E-state index contributed by atoms with van der Waals surface area (Å²) in [5, 5.41) is 3.67. The molecule has 1 aliphatic heterocycles. The van der Waals surface area contributed by atoms with Gasteiger partial charge in [0, 0.05) is 55.6 Å². The van der Waals surface area contributed by atoms with Crippen LogP contribution in [-0.4, -0.2) is 54.0 Å². The molecule has 1 aliphatic rings. The topological polar surface area (TPSA) is 91.6 Å². The summed E-state index contributed by atoms with van der Waals surface area (Å²) >= 11 is 0. The molecule has 0 bridgehead atoms. The Morgan fingerprint density at radius 1 is 1.14 bits per heavy atom. The molecular weight excluding hydrogens is 370 g/mol. The second kappa shape index (κ2) is 7.63. The fraction of sp³-hybridized carbons (Fsp3) is 0.333. The van der Waals surface area contributed by atoms with Gasteiger partial charge in [-0.1, -0.05) is 0 Å². The number of nitrogens with zero attached hydrogens (tertiary/aromatic N) is 4. The molecular formula is C21H23N5O3. The lowest BCUT2D eigenvalue weighted by Crippen LogP contribution is -2.45. The second-order valence-corrected chi connectivity index (χ2v) is 7.37. The zero-order valence-corrected chi connectivity index (χ0v) is 16.7. The van der Waals surface area contributed by atoms with Gasteiger partial charge in [0.05, 0.1) is 11.3 Å². The van der Waals surface area contributed by atoms with E-state index in [9.17, 15) is 9.59 Å². The molecule has 1 fully saturated rings. The first-order valence-corrected chi connectivity index (χ1v) is 9.54. The van der Waals surface area contributed by atoms with Crippen molar-refractivity contribution in [3.05, 3.63) is 57.7 Å². The Balaban J connectivity index is 1.54. The second-order valence-electron chi connectivity index (χ2n) is 7.37. The fourth-order valence-corrected chi connectivity index (χ4v) is 3.44. The van der Waals surface area contributed by atoms with Gasteiger partial charge in [0.25, 0.3) is 5.91 Å². The highest BCUT2D eigenvalue weighted by atomic mass is 16.4. The molecule has 0 atom stereocenters. The maximum absolute atomic E-state index is 12.7. The predicted molar refractivity (Wildman–Crippen MR) is 112 cm³/mol. The summed E-state index contributed by atoms with van der Waals surface area (Å²) in [5.41, 5.74) is 2.42. The zero-order valence-electron chi connectivity index (χ0n) is 16.7.